The fraction of sp³-hybridized carbons (Fsp3) is 0.400. The van der Waals surface area contributed by atoms with Crippen molar-refractivity contribution in [3.8, 4) is 5.75 Å². The average Bonchev–Trinajstić information content (AvgIpc) is 2.76. The van der Waals surface area contributed by atoms with E-state index in [0.717, 1.165) is 10.8 Å². The van der Waals surface area contributed by atoms with E-state index in [2.05, 4.69) is 0 Å². The number of nitrogens with two attached hydrogens (primary N) is 1. The highest BCUT2D eigenvalue weighted by molar-refractivity contribution is 5.93. The first kappa shape index (κ1) is 16.2. The van der Waals surface area contributed by atoms with Crippen LogP contribution in [-0.4, -0.2) is 27.9 Å². The highest BCUT2D eigenvalue weighted by Crippen LogP contribution is 2.36. The molecule has 2 aromatic rings. The molecule has 0 atom stereocenters. The number of benzene rings is 1. The summed E-state index contributed by atoms with van der Waals surface area (Å²) in [6, 6.07) is 3.87. The Morgan fingerprint density at radius 3 is 2.55 bits per heavy atom. The first-order valence-corrected chi connectivity index (χ1v) is 6.71. The van der Waals surface area contributed by atoms with Crippen LogP contribution >= 0.6 is 0 Å². The van der Waals surface area contributed by atoms with E-state index in [-0.39, 0.29) is 16.7 Å². The first-order valence-electron chi connectivity index (χ1n) is 6.71. The number of hydrogen-bond acceptors (Lipinski definition) is 4. The van der Waals surface area contributed by atoms with Gasteiger partial charge in [0.05, 0.1) is 12.1 Å². The molecule has 0 fully saturated rings. The average molecular weight is 312 g/mol. The number of phenols is 1. The molecule has 0 unspecified atom stereocenters. The minimum absolute atomic E-state index is 0.0568. The van der Waals surface area contributed by atoms with Crippen LogP contribution in [0.4, 0.5) is 13.6 Å². The lowest BCUT2D eigenvalue weighted by Crippen LogP contribution is -2.27. The van der Waals surface area contributed by atoms with Crippen molar-refractivity contribution in [2.24, 2.45) is 5.73 Å². The number of ether oxygens (including phenoxy) is 1. The first-order chi connectivity index (χ1) is 10.0. The third-order valence-electron chi connectivity index (χ3n) is 3.03. The summed E-state index contributed by atoms with van der Waals surface area (Å²) in [5, 5.41) is 9.58. The molecule has 0 bridgehead atoms. The van der Waals surface area contributed by atoms with Crippen LogP contribution in [0.25, 0.3) is 10.9 Å². The van der Waals surface area contributed by atoms with E-state index in [1.807, 2.05) is 0 Å². The molecule has 0 saturated carbocycles. The molecule has 1 heterocycles. The summed E-state index contributed by atoms with van der Waals surface area (Å²) in [5.41, 5.74) is 4.15. The Labute approximate surface area is 126 Å². The molecule has 3 N–H and O–H groups in total. The smallest absolute Gasteiger partial charge is 0.419 e. The van der Waals surface area contributed by atoms with Crippen LogP contribution < -0.4 is 5.73 Å². The van der Waals surface area contributed by atoms with Gasteiger partial charge in [-0.15, -0.1) is 0 Å². The Hall–Kier alpha value is -2.15. The second kappa shape index (κ2) is 5.24. The second-order valence-corrected chi connectivity index (χ2v) is 6.00. The third kappa shape index (κ3) is 3.04. The Kier molecular flexibility index (Phi) is 3.87. The predicted octanol–water partition coefficient (Wildman–Crippen LogP) is 3.18. The molecule has 0 aliphatic rings. The molecule has 0 radical (unpaired) electrons. The lowest BCUT2D eigenvalue weighted by Gasteiger charge is -2.19. The SMILES string of the molecule is CC(C)(C)OC(=O)n1cc(C(F)(F)CN)c2cc(O)ccc21. The summed E-state index contributed by atoms with van der Waals surface area (Å²) in [6.07, 6.45) is 0.229. The molecule has 0 aliphatic carbocycles. The maximum absolute atomic E-state index is 14.0. The zero-order chi connectivity index (χ0) is 16.7. The van der Waals surface area contributed by atoms with Crippen molar-refractivity contribution in [2.75, 3.05) is 6.54 Å². The Balaban J connectivity index is 2.64. The second-order valence-electron chi connectivity index (χ2n) is 6.00. The lowest BCUT2D eigenvalue weighted by atomic mass is 10.1. The van der Waals surface area contributed by atoms with E-state index in [1.54, 1.807) is 20.8 Å². The standard InChI is InChI=1S/C15H18F2N2O3/c1-14(2,3)22-13(21)19-7-11(15(16,17)8-18)10-6-9(20)4-5-12(10)19/h4-7,20H,8,18H2,1-3H3. The maximum Gasteiger partial charge on any atom is 0.419 e. The maximum atomic E-state index is 14.0. The summed E-state index contributed by atoms with van der Waals surface area (Å²) in [6.45, 7) is 4.13. The summed E-state index contributed by atoms with van der Waals surface area (Å²) >= 11 is 0. The summed E-state index contributed by atoms with van der Waals surface area (Å²) in [5.74, 6) is -3.50. The van der Waals surface area contributed by atoms with Crippen LogP contribution in [0.3, 0.4) is 0 Å². The zero-order valence-corrected chi connectivity index (χ0v) is 12.6. The topological polar surface area (TPSA) is 77.5 Å². The number of aromatic nitrogens is 1. The Morgan fingerprint density at radius 1 is 1.36 bits per heavy atom. The minimum atomic E-state index is -3.32. The Bertz CT molecular complexity index is 717. The molecule has 1 aromatic carbocycles. The van der Waals surface area contributed by atoms with Crippen LogP contribution in [0.5, 0.6) is 5.75 Å². The van der Waals surface area contributed by atoms with E-state index in [0.29, 0.717) is 0 Å². The number of alkyl halides is 2. The van der Waals surface area contributed by atoms with Gasteiger partial charge >= 0.3 is 6.09 Å². The van der Waals surface area contributed by atoms with Gasteiger partial charge in [-0.25, -0.2) is 4.79 Å². The van der Waals surface area contributed by atoms with Gasteiger partial charge in [-0.05, 0) is 39.0 Å². The van der Waals surface area contributed by atoms with Gasteiger partial charge in [0.1, 0.15) is 11.4 Å². The van der Waals surface area contributed by atoms with Crippen LogP contribution in [0.15, 0.2) is 24.4 Å². The van der Waals surface area contributed by atoms with Crippen molar-refractivity contribution in [1.82, 2.24) is 4.57 Å². The van der Waals surface area contributed by atoms with Gasteiger partial charge in [-0.2, -0.15) is 8.78 Å². The van der Waals surface area contributed by atoms with Crippen molar-refractivity contribution in [3.63, 3.8) is 0 Å². The summed E-state index contributed by atoms with van der Waals surface area (Å²) in [7, 11) is 0. The zero-order valence-electron chi connectivity index (χ0n) is 12.6. The summed E-state index contributed by atoms with van der Waals surface area (Å²) in [4.78, 5) is 12.2. The van der Waals surface area contributed by atoms with Gasteiger partial charge < -0.3 is 15.6 Å². The van der Waals surface area contributed by atoms with Gasteiger partial charge in [0, 0.05) is 17.1 Å². The molecule has 2 rings (SSSR count). The van der Waals surface area contributed by atoms with E-state index in [9.17, 15) is 18.7 Å². The van der Waals surface area contributed by atoms with E-state index in [1.165, 1.54) is 18.2 Å². The van der Waals surface area contributed by atoms with Crippen LogP contribution in [-0.2, 0) is 10.7 Å². The normalized spacial score (nSPS) is 12.6. The third-order valence-corrected chi connectivity index (χ3v) is 3.03. The fourth-order valence-electron chi connectivity index (χ4n) is 2.08. The van der Waals surface area contributed by atoms with Crippen LogP contribution in [0.2, 0.25) is 0 Å². The van der Waals surface area contributed by atoms with Gasteiger partial charge in [0.2, 0.25) is 0 Å². The molecule has 5 nitrogen and oxygen atoms in total. The van der Waals surface area contributed by atoms with E-state index in [4.69, 9.17) is 10.5 Å². The fourth-order valence-corrected chi connectivity index (χ4v) is 2.08. The number of halogens is 2. The highest BCUT2D eigenvalue weighted by atomic mass is 19.3. The van der Waals surface area contributed by atoms with Crippen molar-refractivity contribution in [1.29, 1.82) is 0 Å². The number of nitrogens with zero attached hydrogens (tertiary/aromatic N) is 1. The molecule has 1 aromatic heterocycles. The molecule has 0 spiro atoms. The van der Waals surface area contributed by atoms with Crippen LogP contribution in [0.1, 0.15) is 26.3 Å². The molecule has 7 heteroatoms. The molecule has 0 aliphatic heterocycles. The molecule has 0 amide bonds. The van der Waals surface area contributed by atoms with Gasteiger partial charge in [-0.3, -0.25) is 4.57 Å². The van der Waals surface area contributed by atoms with Gasteiger partial charge in [-0.1, -0.05) is 0 Å². The van der Waals surface area contributed by atoms with Crippen molar-refractivity contribution < 1.29 is 23.4 Å². The largest absolute Gasteiger partial charge is 0.508 e. The van der Waals surface area contributed by atoms with Gasteiger partial charge in [0.25, 0.3) is 5.92 Å². The molecular weight excluding hydrogens is 294 g/mol. The number of aromatic hydroxyl groups is 1. The van der Waals surface area contributed by atoms with E-state index >= 15 is 0 Å². The van der Waals surface area contributed by atoms with Crippen molar-refractivity contribution in [3.05, 3.63) is 30.0 Å². The molecule has 0 saturated heterocycles. The quantitative estimate of drug-likeness (QED) is 0.893. The van der Waals surface area contributed by atoms with Crippen molar-refractivity contribution >= 4 is 17.0 Å². The number of phenolic OH excluding ortho intramolecular Hbond substituents is 1. The Morgan fingerprint density at radius 2 is 2.00 bits per heavy atom. The predicted molar refractivity (Wildman–Crippen MR) is 78.2 cm³/mol. The number of fused-ring (bicyclic) bond motifs is 1. The van der Waals surface area contributed by atoms with E-state index < -0.39 is 29.7 Å². The number of carbonyl (C=O) groups excluding carboxylic acids is 1. The molecular formula is C15H18F2N2O3. The monoisotopic (exact) mass is 312 g/mol. The molecule has 120 valence electrons. The summed E-state index contributed by atoms with van der Waals surface area (Å²) < 4.78 is 34.2. The molecule has 22 heavy (non-hydrogen) atoms. The highest BCUT2D eigenvalue weighted by Gasteiger charge is 2.35. The minimum Gasteiger partial charge on any atom is -0.508 e. The number of hydrogen-bond donors (Lipinski definition) is 2. The number of rotatable bonds is 2. The van der Waals surface area contributed by atoms with Crippen molar-refractivity contribution in [2.45, 2.75) is 32.3 Å². The van der Waals surface area contributed by atoms with Gasteiger partial charge in [0.15, 0.2) is 0 Å². The lowest BCUT2D eigenvalue weighted by molar-refractivity contribution is 0.00729. The van der Waals surface area contributed by atoms with Crippen LogP contribution in [0, 0.1) is 0 Å². The number of carbonyl (C=O) groups is 1.